The number of hydrogen-bond acceptors (Lipinski definition) is 7. The van der Waals surface area contributed by atoms with Crippen molar-refractivity contribution in [2.24, 2.45) is 0 Å². The van der Waals surface area contributed by atoms with Gasteiger partial charge in [-0.05, 0) is 31.0 Å². The van der Waals surface area contributed by atoms with Crippen LogP contribution in [0.2, 0.25) is 0 Å². The average Bonchev–Trinajstić information content (AvgIpc) is 3.36. The molecule has 3 heterocycles. The molecule has 1 aromatic carbocycles. The van der Waals surface area contributed by atoms with Gasteiger partial charge in [-0.25, -0.2) is 4.98 Å². The van der Waals surface area contributed by atoms with Crippen molar-refractivity contribution in [3.63, 3.8) is 0 Å². The number of anilines is 1. The lowest BCUT2D eigenvalue weighted by Gasteiger charge is -2.11. The van der Waals surface area contributed by atoms with Gasteiger partial charge in [0.05, 0.1) is 7.11 Å². The van der Waals surface area contributed by atoms with Gasteiger partial charge in [-0.2, -0.15) is 4.52 Å². The number of hydrogen-bond donors (Lipinski definition) is 1. The number of ether oxygens (including phenoxy) is 1. The number of rotatable bonds is 5. The fourth-order valence-electron chi connectivity index (χ4n) is 3.12. The molecule has 1 saturated heterocycles. The topological polar surface area (TPSA) is 88.8 Å². The van der Waals surface area contributed by atoms with Gasteiger partial charge in [0.15, 0.2) is 0 Å². The molecule has 0 spiro atoms. The third-order valence-corrected chi connectivity index (χ3v) is 6.06. The molecule has 8 nitrogen and oxygen atoms in total. The monoisotopic (exact) mass is 463 g/mol. The lowest BCUT2D eigenvalue weighted by molar-refractivity contribution is 0.0948. The highest BCUT2D eigenvalue weighted by Gasteiger charge is 2.20. The summed E-state index contributed by atoms with van der Waals surface area (Å²) in [6, 6.07) is 5.52. The Hall–Kier alpha value is -2.46. The number of halogens is 1. The number of aromatic nitrogens is 3. The first kappa shape index (κ1) is 18.9. The molecule has 1 fully saturated rings. The summed E-state index contributed by atoms with van der Waals surface area (Å²) in [5.74, 6) is 0.160. The van der Waals surface area contributed by atoms with E-state index in [0.717, 1.165) is 41.1 Å². The van der Waals surface area contributed by atoms with Gasteiger partial charge in [-0.1, -0.05) is 27.3 Å². The standard InChI is InChI=1S/C18H18BrN5O3S/c1-27-14-5-4-12(19)8-11(14)9-20-15(25)13-10-21-17-24(16(13)26)22-18(28-17)23-6-2-3-7-23/h4-5,8,10H,2-3,6-7,9H2,1H3,(H,20,25). The van der Waals surface area contributed by atoms with Crippen molar-refractivity contribution in [3.8, 4) is 5.75 Å². The van der Waals surface area contributed by atoms with Gasteiger partial charge in [0.1, 0.15) is 11.3 Å². The molecule has 1 aliphatic heterocycles. The van der Waals surface area contributed by atoms with E-state index in [4.69, 9.17) is 4.74 Å². The molecule has 2 aromatic heterocycles. The molecule has 0 radical (unpaired) electrons. The average molecular weight is 464 g/mol. The molecule has 146 valence electrons. The van der Waals surface area contributed by atoms with Crippen molar-refractivity contribution in [1.29, 1.82) is 0 Å². The smallest absolute Gasteiger partial charge is 0.288 e. The number of fused-ring (bicyclic) bond motifs is 1. The van der Waals surface area contributed by atoms with Gasteiger partial charge in [0.2, 0.25) is 10.1 Å². The third-order valence-electron chi connectivity index (χ3n) is 4.58. The maximum Gasteiger partial charge on any atom is 0.288 e. The fraction of sp³-hybridized carbons (Fsp3) is 0.333. The summed E-state index contributed by atoms with van der Waals surface area (Å²) in [6.07, 6.45) is 3.55. The van der Waals surface area contributed by atoms with E-state index in [1.807, 2.05) is 18.2 Å². The zero-order valence-electron chi connectivity index (χ0n) is 15.1. The van der Waals surface area contributed by atoms with Gasteiger partial charge < -0.3 is 15.0 Å². The Labute approximate surface area is 173 Å². The third kappa shape index (κ3) is 3.61. The van der Waals surface area contributed by atoms with Crippen LogP contribution in [0.1, 0.15) is 28.8 Å². The van der Waals surface area contributed by atoms with E-state index < -0.39 is 11.5 Å². The predicted molar refractivity (Wildman–Crippen MR) is 110 cm³/mol. The highest BCUT2D eigenvalue weighted by Crippen LogP contribution is 2.25. The van der Waals surface area contributed by atoms with Crippen molar-refractivity contribution < 1.29 is 9.53 Å². The number of carbonyl (C=O) groups excluding carboxylic acids is 1. The summed E-state index contributed by atoms with van der Waals surface area (Å²) in [6.45, 7) is 2.08. The lowest BCUT2D eigenvalue weighted by atomic mass is 10.2. The largest absolute Gasteiger partial charge is 0.496 e. The van der Waals surface area contributed by atoms with Crippen molar-refractivity contribution >= 4 is 43.3 Å². The maximum atomic E-state index is 12.7. The molecule has 1 amide bonds. The van der Waals surface area contributed by atoms with E-state index in [0.29, 0.717) is 10.7 Å². The second-order valence-electron chi connectivity index (χ2n) is 6.39. The van der Waals surface area contributed by atoms with Crippen LogP contribution in [-0.2, 0) is 6.54 Å². The van der Waals surface area contributed by atoms with E-state index in [1.54, 1.807) is 7.11 Å². The number of methoxy groups -OCH3 is 1. The van der Waals surface area contributed by atoms with Crippen molar-refractivity contribution in [2.45, 2.75) is 19.4 Å². The highest BCUT2D eigenvalue weighted by atomic mass is 79.9. The van der Waals surface area contributed by atoms with Crippen LogP contribution in [0, 0.1) is 0 Å². The first-order valence-corrected chi connectivity index (χ1v) is 10.4. The number of nitrogens with zero attached hydrogens (tertiary/aromatic N) is 4. The van der Waals surface area contributed by atoms with E-state index in [9.17, 15) is 9.59 Å². The molecule has 1 aliphatic rings. The predicted octanol–water partition coefficient (Wildman–Crippen LogP) is 2.45. The molecule has 0 bridgehead atoms. The molecule has 3 aromatic rings. The minimum Gasteiger partial charge on any atom is -0.496 e. The normalized spacial score (nSPS) is 13.9. The first-order chi connectivity index (χ1) is 13.6. The molecular formula is C18H18BrN5O3S. The summed E-state index contributed by atoms with van der Waals surface area (Å²) in [5, 5.41) is 7.89. The second-order valence-corrected chi connectivity index (χ2v) is 8.24. The lowest BCUT2D eigenvalue weighted by Crippen LogP contribution is -2.31. The molecule has 4 rings (SSSR count). The number of amides is 1. The van der Waals surface area contributed by atoms with Crippen LogP contribution in [0.3, 0.4) is 0 Å². The first-order valence-electron chi connectivity index (χ1n) is 8.81. The Morgan fingerprint density at radius 2 is 2.14 bits per heavy atom. The van der Waals surface area contributed by atoms with Crippen molar-refractivity contribution in [2.75, 3.05) is 25.1 Å². The zero-order chi connectivity index (χ0) is 19.7. The Morgan fingerprint density at radius 3 is 2.89 bits per heavy atom. The Bertz CT molecular complexity index is 1090. The van der Waals surface area contributed by atoms with Gasteiger partial charge >= 0.3 is 0 Å². The number of carbonyl (C=O) groups is 1. The second kappa shape index (κ2) is 7.88. The van der Waals surface area contributed by atoms with Gasteiger partial charge in [-0.3, -0.25) is 9.59 Å². The quantitative estimate of drug-likeness (QED) is 0.624. The highest BCUT2D eigenvalue weighted by molar-refractivity contribution is 9.10. The van der Waals surface area contributed by atoms with Crippen LogP contribution in [0.25, 0.3) is 4.96 Å². The molecule has 10 heteroatoms. The summed E-state index contributed by atoms with van der Waals surface area (Å²) in [7, 11) is 1.57. The summed E-state index contributed by atoms with van der Waals surface area (Å²) in [5.41, 5.74) is 0.291. The molecule has 0 atom stereocenters. The number of nitrogens with one attached hydrogen (secondary N) is 1. The Morgan fingerprint density at radius 1 is 1.36 bits per heavy atom. The molecule has 0 unspecified atom stereocenters. The van der Waals surface area contributed by atoms with Crippen LogP contribution < -0.4 is 20.5 Å². The molecule has 28 heavy (non-hydrogen) atoms. The summed E-state index contributed by atoms with van der Waals surface area (Å²) < 4.78 is 7.40. The Balaban J connectivity index is 1.56. The number of benzene rings is 1. The van der Waals surface area contributed by atoms with Crippen LogP contribution in [0.5, 0.6) is 5.75 Å². The van der Waals surface area contributed by atoms with Gasteiger partial charge in [0, 0.05) is 35.9 Å². The van der Waals surface area contributed by atoms with Crippen LogP contribution >= 0.6 is 27.3 Å². The summed E-state index contributed by atoms with van der Waals surface area (Å²) in [4.78, 5) is 32.2. The van der Waals surface area contributed by atoms with Crippen LogP contribution in [0.15, 0.2) is 33.7 Å². The zero-order valence-corrected chi connectivity index (χ0v) is 17.5. The fourth-order valence-corrected chi connectivity index (χ4v) is 4.45. The van der Waals surface area contributed by atoms with E-state index in [1.165, 1.54) is 22.0 Å². The molecular weight excluding hydrogens is 446 g/mol. The van der Waals surface area contributed by atoms with Gasteiger partial charge in [-0.15, -0.1) is 5.10 Å². The summed E-state index contributed by atoms with van der Waals surface area (Å²) >= 11 is 4.76. The van der Waals surface area contributed by atoms with E-state index >= 15 is 0 Å². The van der Waals surface area contributed by atoms with Crippen molar-refractivity contribution in [1.82, 2.24) is 19.9 Å². The van der Waals surface area contributed by atoms with Crippen LogP contribution in [-0.4, -0.2) is 40.7 Å². The molecule has 0 aliphatic carbocycles. The van der Waals surface area contributed by atoms with Crippen LogP contribution in [0.4, 0.5) is 5.13 Å². The van der Waals surface area contributed by atoms with E-state index in [2.05, 4.69) is 36.2 Å². The SMILES string of the molecule is COc1ccc(Br)cc1CNC(=O)c1cnc2sc(N3CCCC3)nn2c1=O. The molecule has 1 N–H and O–H groups in total. The minimum atomic E-state index is -0.496. The van der Waals surface area contributed by atoms with Crippen molar-refractivity contribution in [3.05, 3.63) is 50.3 Å². The van der Waals surface area contributed by atoms with E-state index in [-0.39, 0.29) is 12.1 Å². The van der Waals surface area contributed by atoms with Gasteiger partial charge in [0.25, 0.3) is 11.5 Å². The minimum absolute atomic E-state index is 0.0373. The molecule has 0 saturated carbocycles. The maximum absolute atomic E-state index is 12.7. The Kier molecular flexibility index (Phi) is 5.31.